The number of nitrogens with zero attached hydrogens (tertiary/aromatic N) is 3. The second-order valence-electron chi connectivity index (χ2n) is 7.55. The van der Waals surface area contributed by atoms with Crippen LogP contribution in [0.1, 0.15) is 54.4 Å². The van der Waals surface area contributed by atoms with Crippen LogP contribution in [-0.4, -0.2) is 28.2 Å². The molecule has 2 aliphatic rings. The number of rotatable bonds is 3. The molecule has 1 aliphatic carbocycles. The number of aliphatic hydroxyl groups is 1. The van der Waals surface area contributed by atoms with Crippen molar-refractivity contribution in [1.82, 2.24) is 9.97 Å². The Kier molecular flexibility index (Phi) is 5.14. The van der Waals surface area contributed by atoms with Crippen molar-refractivity contribution in [3.05, 3.63) is 51.9 Å². The van der Waals surface area contributed by atoms with Gasteiger partial charge in [-0.15, -0.1) is 0 Å². The predicted molar refractivity (Wildman–Crippen MR) is 105 cm³/mol. The molecule has 0 spiro atoms. The number of anilines is 1. The highest BCUT2D eigenvalue weighted by Crippen LogP contribution is 2.35. The zero-order chi connectivity index (χ0) is 18.1. The maximum Gasteiger partial charge on any atom is 0.135 e. The van der Waals surface area contributed by atoms with Crippen molar-refractivity contribution in [3.63, 3.8) is 0 Å². The second kappa shape index (κ2) is 7.53. The summed E-state index contributed by atoms with van der Waals surface area (Å²) in [6.07, 6.45) is 6.17. The number of aliphatic hydroxyl groups excluding tert-OH is 1. The molecular formula is C21H26ClN3O. The highest BCUT2D eigenvalue weighted by Gasteiger charge is 2.29. The Morgan fingerprint density at radius 1 is 1.08 bits per heavy atom. The molecular weight excluding hydrogens is 346 g/mol. The molecule has 5 heteroatoms. The minimum absolute atomic E-state index is 0.284. The summed E-state index contributed by atoms with van der Waals surface area (Å²) in [5, 5.41) is 11.4. The third kappa shape index (κ3) is 3.58. The fourth-order valence-corrected chi connectivity index (χ4v) is 4.44. The van der Waals surface area contributed by atoms with Gasteiger partial charge < -0.3 is 10.0 Å². The molecule has 26 heavy (non-hydrogen) atoms. The van der Waals surface area contributed by atoms with Crippen LogP contribution in [0.2, 0.25) is 5.02 Å². The fraction of sp³-hybridized carbons (Fsp3) is 0.524. The smallest absolute Gasteiger partial charge is 0.135 e. The topological polar surface area (TPSA) is 49.2 Å². The largest absolute Gasteiger partial charge is 0.388 e. The number of aryl methyl sites for hydroxylation is 2. The lowest BCUT2D eigenvalue weighted by Gasteiger charge is -2.36. The van der Waals surface area contributed by atoms with Crippen LogP contribution in [-0.2, 0) is 12.8 Å². The Morgan fingerprint density at radius 2 is 1.77 bits per heavy atom. The van der Waals surface area contributed by atoms with E-state index in [2.05, 4.69) is 9.88 Å². The first-order chi connectivity index (χ1) is 12.6. The molecule has 4 rings (SSSR count). The summed E-state index contributed by atoms with van der Waals surface area (Å²) in [5.41, 5.74) is 3.57. The van der Waals surface area contributed by atoms with E-state index in [1.54, 1.807) is 0 Å². The van der Waals surface area contributed by atoms with Crippen molar-refractivity contribution in [2.24, 2.45) is 5.92 Å². The molecule has 0 radical (unpaired) electrons. The molecule has 1 aliphatic heterocycles. The van der Waals surface area contributed by atoms with E-state index in [9.17, 15) is 5.11 Å². The minimum Gasteiger partial charge on any atom is -0.388 e. The lowest BCUT2D eigenvalue weighted by atomic mass is 9.87. The SMILES string of the molecule is Cc1nc2c(c(N3CCC(C(O)c4ccc(Cl)cc4)CC3)n1)CCCC2. The van der Waals surface area contributed by atoms with Crippen LogP contribution >= 0.6 is 11.6 Å². The van der Waals surface area contributed by atoms with Gasteiger partial charge in [-0.05, 0) is 69.1 Å². The van der Waals surface area contributed by atoms with Crippen LogP contribution in [0.25, 0.3) is 0 Å². The van der Waals surface area contributed by atoms with Gasteiger partial charge in [0.1, 0.15) is 11.6 Å². The maximum absolute atomic E-state index is 10.7. The van der Waals surface area contributed by atoms with Crippen molar-refractivity contribution in [3.8, 4) is 0 Å². The van der Waals surface area contributed by atoms with E-state index in [-0.39, 0.29) is 5.92 Å². The number of aromatic nitrogens is 2. The van der Waals surface area contributed by atoms with E-state index in [0.29, 0.717) is 5.02 Å². The Morgan fingerprint density at radius 3 is 2.50 bits per heavy atom. The zero-order valence-electron chi connectivity index (χ0n) is 15.3. The van der Waals surface area contributed by atoms with Crippen molar-refractivity contribution in [2.45, 2.75) is 51.6 Å². The summed E-state index contributed by atoms with van der Waals surface area (Å²) >= 11 is 5.96. The number of fused-ring (bicyclic) bond motifs is 1. The molecule has 1 atom stereocenters. The van der Waals surface area contributed by atoms with Crippen molar-refractivity contribution in [2.75, 3.05) is 18.0 Å². The highest BCUT2D eigenvalue weighted by atomic mass is 35.5. The first-order valence-electron chi connectivity index (χ1n) is 9.66. The third-order valence-electron chi connectivity index (χ3n) is 5.77. The average molecular weight is 372 g/mol. The first-order valence-corrected chi connectivity index (χ1v) is 10.0. The molecule has 138 valence electrons. The number of halogens is 1. The molecule has 4 nitrogen and oxygen atoms in total. The monoisotopic (exact) mass is 371 g/mol. The van der Waals surface area contributed by atoms with Gasteiger partial charge in [-0.2, -0.15) is 0 Å². The van der Waals surface area contributed by atoms with Gasteiger partial charge in [0.05, 0.1) is 6.10 Å². The Bertz CT molecular complexity index is 770. The molecule has 0 amide bonds. The van der Waals surface area contributed by atoms with Gasteiger partial charge in [-0.25, -0.2) is 9.97 Å². The van der Waals surface area contributed by atoms with Crippen LogP contribution in [0.3, 0.4) is 0 Å². The Balaban J connectivity index is 1.47. The zero-order valence-corrected chi connectivity index (χ0v) is 16.0. The molecule has 0 saturated carbocycles. The van der Waals surface area contributed by atoms with Gasteiger partial charge in [-0.3, -0.25) is 0 Å². The second-order valence-corrected chi connectivity index (χ2v) is 7.98. The quantitative estimate of drug-likeness (QED) is 0.875. The number of hydrogen-bond donors (Lipinski definition) is 1. The molecule has 2 aromatic rings. The summed E-state index contributed by atoms with van der Waals surface area (Å²) in [7, 11) is 0. The predicted octanol–water partition coefficient (Wildman–Crippen LogP) is 4.27. The Hall–Kier alpha value is -1.65. The molecule has 1 aromatic heterocycles. The highest BCUT2D eigenvalue weighted by molar-refractivity contribution is 6.30. The van der Waals surface area contributed by atoms with E-state index < -0.39 is 6.10 Å². The summed E-state index contributed by atoms with van der Waals surface area (Å²) in [5.74, 6) is 2.31. The van der Waals surface area contributed by atoms with Gasteiger partial charge in [0.15, 0.2) is 0 Å². The van der Waals surface area contributed by atoms with Crippen molar-refractivity contribution in [1.29, 1.82) is 0 Å². The number of hydrogen-bond acceptors (Lipinski definition) is 4. The fourth-order valence-electron chi connectivity index (χ4n) is 4.32. The van der Waals surface area contributed by atoms with E-state index in [0.717, 1.165) is 56.0 Å². The van der Waals surface area contributed by atoms with Gasteiger partial charge in [0, 0.05) is 29.4 Å². The van der Waals surface area contributed by atoms with Gasteiger partial charge in [0.2, 0.25) is 0 Å². The molecule has 1 saturated heterocycles. The van der Waals surface area contributed by atoms with Crippen molar-refractivity contribution >= 4 is 17.4 Å². The average Bonchev–Trinajstić information content (AvgIpc) is 2.67. The summed E-state index contributed by atoms with van der Waals surface area (Å²) in [6, 6.07) is 7.57. The molecule has 1 fully saturated rings. The Labute approximate surface area is 160 Å². The van der Waals surface area contributed by atoms with E-state index in [4.69, 9.17) is 16.6 Å². The molecule has 2 heterocycles. The van der Waals surface area contributed by atoms with Gasteiger partial charge in [-0.1, -0.05) is 23.7 Å². The van der Waals surface area contributed by atoms with Crippen molar-refractivity contribution < 1.29 is 5.11 Å². The van der Waals surface area contributed by atoms with Crippen LogP contribution in [0.5, 0.6) is 0 Å². The molecule has 1 unspecified atom stereocenters. The van der Waals surface area contributed by atoms with Crippen LogP contribution in [0, 0.1) is 12.8 Å². The van der Waals surface area contributed by atoms with Gasteiger partial charge in [0.25, 0.3) is 0 Å². The third-order valence-corrected chi connectivity index (χ3v) is 6.02. The molecule has 1 aromatic carbocycles. The first kappa shape index (κ1) is 17.7. The summed E-state index contributed by atoms with van der Waals surface area (Å²) in [4.78, 5) is 11.9. The lowest BCUT2D eigenvalue weighted by molar-refractivity contribution is 0.0928. The van der Waals surface area contributed by atoms with E-state index >= 15 is 0 Å². The summed E-state index contributed by atoms with van der Waals surface area (Å²) in [6.45, 7) is 3.88. The number of piperidine rings is 1. The van der Waals surface area contributed by atoms with Gasteiger partial charge >= 0.3 is 0 Å². The molecule has 1 N–H and O–H groups in total. The van der Waals surface area contributed by atoms with E-state index in [1.807, 2.05) is 31.2 Å². The number of benzene rings is 1. The summed E-state index contributed by atoms with van der Waals surface area (Å²) < 4.78 is 0. The standard InChI is InChI=1S/C21H26ClN3O/c1-14-23-19-5-3-2-4-18(19)21(24-14)25-12-10-16(11-13-25)20(26)15-6-8-17(22)9-7-15/h6-9,16,20,26H,2-5,10-13H2,1H3. The van der Waals surface area contributed by atoms with Crippen LogP contribution in [0.15, 0.2) is 24.3 Å². The maximum atomic E-state index is 10.7. The van der Waals surface area contributed by atoms with Crippen LogP contribution in [0.4, 0.5) is 5.82 Å². The normalized spacial score (nSPS) is 19.3. The lowest BCUT2D eigenvalue weighted by Crippen LogP contribution is -2.37. The van der Waals surface area contributed by atoms with Crippen LogP contribution < -0.4 is 4.90 Å². The minimum atomic E-state index is -0.421. The van der Waals surface area contributed by atoms with E-state index in [1.165, 1.54) is 24.1 Å². The molecule has 0 bridgehead atoms.